The van der Waals surface area contributed by atoms with Crippen LogP contribution in [0.4, 0.5) is 5.69 Å². The molecule has 1 saturated carbocycles. The third-order valence-electron chi connectivity index (χ3n) is 8.16. The molecule has 5 aliphatic heterocycles. The molecule has 1 unspecified atom stereocenters. The molecule has 1 aromatic carbocycles. The number of piperidine rings is 1. The maximum absolute atomic E-state index is 13.1. The number of hydrogen-bond donors (Lipinski definition) is 0. The molecule has 25 heavy (non-hydrogen) atoms. The van der Waals surface area contributed by atoms with Gasteiger partial charge in [-0.25, -0.2) is 0 Å². The number of carbonyl (C=O) groups excluding carboxylic acids is 1. The van der Waals surface area contributed by atoms with Crippen LogP contribution in [0.15, 0.2) is 35.9 Å². The molecule has 128 valence electrons. The maximum Gasteiger partial charge on any atom is 0.229 e. The van der Waals surface area contributed by atoms with Gasteiger partial charge in [-0.15, -0.1) is 0 Å². The summed E-state index contributed by atoms with van der Waals surface area (Å²) in [6.45, 7) is 2.97. The van der Waals surface area contributed by atoms with E-state index in [2.05, 4.69) is 40.1 Å². The van der Waals surface area contributed by atoms with Crippen molar-refractivity contribution in [2.75, 3.05) is 24.6 Å². The topological polar surface area (TPSA) is 32.8 Å². The van der Waals surface area contributed by atoms with Crippen LogP contribution in [0.5, 0.6) is 0 Å². The molecule has 3 saturated heterocycles. The fraction of sp³-hybridized carbons (Fsp3) is 0.571. The minimum Gasteiger partial charge on any atom is -0.373 e. The largest absolute Gasteiger partial charge is 0.373 e. The van der Waals surface area contributed by atoms with Crippen LogP contribution in [0.1, 0.15) is 24.8 Å². The summed E-state index contributed by atoms with van der Waals surface area (Å²) in [6, 6.07) is 9.65. The predicted octanol–water partition coefficient (Wildman–Crippen LogP) is 2.09. The fourth-order valence-corrected chi connectivity index (χ4v) is 7.54. The van der Waals surface area contributed by atoms with E-state index in [-0.39, 0.29) is 17.4 Å². The van der Waals surface area contributed by atoms with Crippen LogP contribution >= 0.6 is 0 Å². The molecule has 1 aliphatic carbocycles. The van der Waals surface area contributed by atoms with Crippen molar-refractivity contribution in [3.05, 3.63) is 41.5 Å². The van der Waals surface area contributed by atoms with Crippen molar-refractivity contribution in [2.45, 2.75) is 42.9 Å². The Hall–Kier alpha value is -1.65. The summed E-state index contributed by atoms with van der Waals surface area (Å²) < 4.78 is 6.25. The Morgan fingerprint density at radius 2 is 2.12 bits per heavy atom. The number of para-hydroxylation sites is 1. The summed E-state index contributed by atoms with van der Waals surface area (Å²) >= 11 is 0. The van der Waals surface area contributed by atoms with Crippen LogP contribution < -0.4 is 4.90 Å². The highest BCUT2D eigenvalue weighted by Crippen LogP contribution is 2.65. The number of hydrogen-bond acceptors (Lipinski definition) is 3. The third-order valence-corrected chi connectivity index (χ3v) is 8.16. The van der Waals surface area contributed by atoms with E-state index >= 15 is 0 Å². The Morgan fingerprint density at radius 3 is 3.08 bits per heavy atom. The quantitative estimate of drug-likeness (QED) is 0.681. The Balaban J connectivity index is 1.56. The van der Waals surface area contributed by atoms with Crippen LogP contribution in [0.2, 0.25) is 0 Å². The number of carbonyl (C=O) groups is 1. The van der Waals surface area contributed by atoms with E-state index in [1.165, 1.54) is 30.6 Å². The number of rotatable bonds is 0. The first-order chi connectivity index (χ1) is 12.3. The highest BCUT2D eigenvalue weighted by Gasteiger charge is 2.71. The monoisotopic (exact) mass is 334 g/mol. The molecule has 5 heterocycles. The zero-order valence-corrected chi connectivity index (χ0v) is 14.2. The summed E-state index contributed by atoms with van der Waals surface area (Å²) in [5.74, 6) is 1.42. The molecular weight excluding hydrogens is 312 g/mol. The van der Waals surface area contributed by atoms with E-state index in [4.69, 9.17) is 4.74 Å². The van der Waals surface area contributed by atoms with Crippen LogP contribution in [0.25, 0.3) is 0 Å². The fourth-order valence-electron chi connectivity index (χ4n) is 7.54. The number of benzene rings is 1. The molecule has 0 radical (unpaired) electrons. The lowest BCUT2D eigenvalue weighted by Gasteiger charge is -2.55. The molecule has 0 aromatic heterocycles. The Labute approximate surface area is 147 Å². The number of anilines is 1. The lowest BCUT2D eigenvalue weighted by molar-refractivity contribution is -0.131. The van der Waals surface area contributed by atoms with E-state index in [9.17, 15) is 4.79 Å². The minimum atomic E-state index is 0.105. The van der Waals surface area contributed by atoms with Crippen molar-refractivity contribution in [1.82, 2.24) is 4.90 Å². The van der Waals surface area contributed by atoms with Crippen molar-refractivity contribution < 1.29 is 9.53 Å². The number of fused-ring (bicyclic) bond motifs is 2. The molecule has 1 amide bonds. The SMILES string of the molecule is O=C1C[C@@H]2OCC=C3CN4CC[C@]56c7ccccc7N1[C@H]5[C@H]2C[C@H]3C46. The first-order valence-electron chi connectivity index (χ1n) is 9.75. The molecule has 6 atom stereocenters. The van der Waals surface area contributed by atoms with Crippen LogP contribution in [-0.4, -0.2) is 48.7 Å². The van der Waals surface area contributed by atoms with Crippen molar-refractivity contribution in [3.8, 4) is 0 Å². The lowest BCUT2D eigenvalue weighted by Crippen LogP contribution is -2.66. The summed E-state index contributed by atoms with van der Waals surface area (Å²) in [7, 11) is 0. The second-order valence-electron chi connectivity index (χ2n) is 8.79. The second-order valence-corrected chi connectivity index (χ2v) is 8.79. The molecule has 6 aliphatic rings. The molecule has 2 bridgehead atoms. The van der Waals surface area contributed by atoms with Gasteiger partial charge >= 0.3 is 0 Å². The molecule has 7 rings (SSSR count). The maximum atomic E-state index is 13.1. The number of amides is 1. The second kappa shape index (κ2) is 4.18. The number of ether oxygens (including phenoxy) is 1. The molecular formula is C21H22N2O2. The Kier molecular flexibility index (Phi) is 2.27. The average Bonchev–Trinajstić information content (AvgIpc) is 3.24. The molecule has 1 aromatic rings. The highest BCUT2D eigenvalue weighted by atomic mass is 16.5. The molecule has 4 fully saturated rings. The van der Waals surface area contributed by atoms with Gasteiger partial charge in [0, 0.05) is 29.6 Å². The third kappa shape index (κ3) is 1.33. The average molecular weight is 334 g/mol. The Morgan fingerprint density at radius 1 is 1.20 bits per heavy atom. The summed E-state index contributed by atoms with van der Waals surface area (Å²) in [6.07, 6.45) is 5.38. The zero-order valence-electron chi connectivity index (χ0n) is 14.2. The van der Waals surface area contributed by atoms with Gasteiger partial charge in [0.05, 0.1) is 25.2 Å². The predicted molar refractivity (Wildman–Crippen MR) is 93.4 cm³/mol. The Bertz CT molecular complexity index is 848. The normalized spacial score (nSPS) is 45.9. The van der Waals surface area contributed by atoms with E-state index in [1.807, 2.05) is 0 Å². The first-order valence-corrected chi connectivity index (χ1v) is 9.75. The van der Waals surface area contributed by atoms with Crippen LogP contribution in [0.3, 0.4) is 0 Å². The van der Waals surface area contributed by atoms with E-state index in [1.54, 1.807) is 5.57 Å². The van der Waals surface area contributed by atoms with Gasteiger partial charge < -0.3 is 9.64 Å². The summed E-state index contributed by atoms with van der Waals surface area (Å²) in [4.78, 5) is 18.1. The van der Waals surface area contributed by atoms with Crippen molar-refractivity contribution in [2.24, 2.45) is 11.8 Å². The van der Waals surface area contributed by atoms with Gasteiger partial charge in [-0.05, 0) is 36.9 Å². The van der Waals surface area contributed by atoms with Gasteiger partial charge in [-0.2, -0.15) is 0 Å². The summed E-state index contributed by atoms with van der Waals surface area (Å²) in [5, 5.41) is 0. The van der Waals surface area contributed by atoms with Crippen LogP contribution in [-0.2, 0) is 14.9 Å². The number of nitrogens with zero attached hydrogens (tertiary/aromatic N) is 2. The standard InChI is InChI=1S/C21H22N2O2/c24-18-10-17-14-9-13-12(5-8-25-17)11-22-7-6-21(19(13)22)15-3-1-2-4-16(15)23(18)20(14)21/h1-5,13-14,17,19-20H,6-11H2/t13-,14+,17+,19?,20+,21-/m1/s1. The molecule has 0 N–H and O–H groups in total. The van der Waals surface area contributed by atoms with Gasteiger partial charge in [0.2, 0.25) is 5.91 Å². The molecule has 4 heteroatoms. The van der Waals surface area contributed by atoms with E-state index < -0.39 is 0 Å². The van der Waals surface area contributed by atoms with Gasteiger partial charge in [0.25, 0.3) is 0 Å². The molecule has 4 nitrogen and oxygen atoms in total. The van der Waals surface area contributed by atoms with E-state index in [0.29, 0.717) is 36.9 Å². The van der Waals surface area contributed by atoms with E-state index in [0.717, 1.165) is 6.54 Å². The van der Waals surface area contributed by atoms with Gasteiger partial charge in [-0.1, -0.05) is 29.8 Å². The van der Waals surface area contributed by atoms with Gasteiger partial charge in [0.1, 0.15) is 0 Å². The minimum absolute atomic E-state index is 0.105. The first kappa shape index (κ1) is 13.5. The summed E-state index contributed by atoms with van der Waals surface area (Å²) in [5.41, 5.74) is 4.36. The van der Waals surface area contributed by atoms with Crippen LogP contribution in [0, 0.1) is 11.8 Å². The van der Waals surface area contributed by atoms with Crippen molar-refractivity contribution in [1.29, 1.82) is 0 Å². The van der Waals surface area contributed by atoms with Gasteiger partial charge in [-0.3, -0.25) is 9.69 Å². The van der Waals surface area contributed by atoms with Crippen molar-refractivity contribution in [3.63, 3.8) is 0 Å². The molecule has 1 spiro atoms. The lowest BCUT2D eigenvalue weighted by atomic mass is 9.55. The van der Waals surface area contributed by atoms with Gasteiger partial charge in [0.15, 0.2) is 0 Å². The van der Waals surface area contributed by atoms with Crippen molar-refractivity contribution >= 4 is 11.6 Å². The zero-order chi connectivity index (χ0) is 16.3. The smallest absolute Gasteiger partial charge is 0.229 e. The highest BCUT2D eigenvalue weighted by molar-refractivity contribution is 5.99.